The van der Waals surface area contributed by atoms with Crippen molar-refractivity contribution in [2.24, 2.45) is 11.7 Å². The molecule has 0 heterocycles. The van der Waals surface area contributed by atoms with Crippen molar-refractivity contribution in [3.63, 3.8) is 0 Å². The van der Waals surface area contributed by atoms with Gasteiger partial charge in [0.25, 0.3) is 0 Å². The quantitative estimate of drug-likeness (QED) is 0.681. The predicted octanol–water partition coefficient (Wildman–Crippen LogP) is 0.499. The van der Waals surface area contributed by atoms with Gasteiger partial charge in [0.15, 0.2) is 0 Å². The number of carbonyl (C=O) groups excluding carboxylic acids is 3. The molecule has 4 N–H and O–H groups in total. The first-order chi connectivity index (χ1) is 10.7. The van der Waals surface area contributed by atoms with Crippen LogP contribution in [0.2, 0.25) is 0 Å². The molecule has 1 aromatic carbocycles. The van der Waals surface area contributed by atoms with Crippen LogP contribution in [-0.2, 0) is 20.8 Å². The first-order valence-electron chi connectivity index (χ1n) is 7.32. The van der Waals surface area contributed by atoms with E-state index >= 15 is 0 Å². The lowest BCUT2D eigenvalue weighted by molar-refractivity contribution is -0.131. The number of halogens is 1. The summed E-state index contributed by atoms with van der Waals surface area (Å²) >= 11 is 0. The van der Waals surface area contributed by atoms with E-state index in [1.165, 1.54) is 31.2 Å². The summed E-state index contributed by atoms with van der Waals surface area (Å²) in [4.78, 5) is 35.1. The van der Waals surface area contributed by atoms with Crippen molar-refractivity contribution in [2.75, 3.05) is 0 Å². The Balaban J connectivity index is 2.87. The highest BCUT2D eigenvalue weighted by atomic mass is 19.1. The molecule has 0 aromatic heterocycles. The van der Waals surface area contributed by atoms with Crippen LogP contribution >= 0.6 is 0 Å². The van der Waals surface area contributed by atoms with Gasteiger partial charge in [-0.05, 0) is 23.6 Å². The van der Waals surface area contributed by atoms with Gasteiger partial charge in [0.05, 0.1) is 0 Å². The summed E-state index contributed by atoms with van der Waals surface area (Å²) in [5, 5.41) is 5.08. The van der Waals surface area contributed by atoms with Gasteiger partial charge in [-0.1, -0.05) is 26.0 Å². The molecule has 6 nitrogen and oxygen atoms in total. The summed E-state index contributed by atoms with van der Waals surface area (Å²) in [7, 11) is 0. The molecule has 7 heteroatoms. The number of amides is 3. The minimum Gasteiger partial charge on any atom is -0.368 e. The van der Waals surface area contributed by atoms with E-state index in [4.69, 9.17) is 5.73 Å². The van der Waals surface area contributed by atoms with E-state index in [-0.39, 0.29) is 24.1 Å². The van der Waals surface area contributed by atoms with Gasteiger partial charge in [0.1, 0.15) is 17.9 Å². The Labute approximate surface area is 134 Å². The Morgan fingerprint density at radius 3 is 2.13 bits per heavy atom. The van der Waals surface area contributed by atoms with Gasteiger partial charge in [0, 0.05) is 13.3 Å². The van der Waals surface area contributed by atoms with Crippen molar-refractivity contribution < 1.29 is 18.8 Å². The van der Waals surface area contributed by atoms with Crippen LogP contribution in [0, 0.1) is 11.7 Å². The molecule has 0 bridgehead atoms. The molecular formula is C16H22FN3O3. The van der Waals surface area contributed by atoms with Gasteiger partial charge in [-0.15, -0.1) is 0 Å². The molecule has 23 heavy (non-hydrogen) atoms. The molecule has 2 atom stereocenters. The molecule has 0 aliphatic rings. The molecule has 1 rings (SSSR count). The highest BCUT2D eigenvalue weighted by Gasteiger charge is 2.27. The van der Waals surface area contributed by atoms with E-state index < -0.39 is 23.9 Å². The van der Waals surface area contributed by atoms with Crippen LogP contribution in [0.4, 0.5) is 4.39 Å². The van der Waals surface area contributed by atoms with Gasteiger partial charge >= 0.3 is 0 Å². The second kappa shape index (κ2) is 8.26. The second-order valence-corrected chi connectivity index (χ2v) is 5.72. The van der Waals surface area contributed by atoms with Crippen molar-refractivity contribution in [3.05, 3.63) is 35.6 Å². The number of rotatable bonds is 7. The maximum atomic E-state index is 12.9. The van der Waals surface area contributed by atoms with Crippen molar-refractivity contribution in [3.8, 4) is 0 Å². The number of hydrogen-bond donors (Lipinski definition) is 3. The third-order valence-corrected chi connectivity index (χ3v) is 3.32. The van der Waals surface area contributed by atoms with Crippen molar-refractivity contribution in [2.45, 2.75) is 39.3 Å². The van der Waals surface area contributed by atoms with Crippen LogP contribution in [0.25, 0.3) is 0 Å². The Kier molecular flexibility index (Phi) is 6.68. The summed E-state index contributed by atoms with van der Waals surface area (Å²) in [6.07, 6.45) is 0.176. The lowest BCUT2D eigenvalue weighted by Gasteiger charge is -2.23. The van der Waals surface area contributed by atoms with Crippen LogP contribution in [-0.4, -0.2) is 29.8 Å². The molecule has 3 amide bonds. The summed E-state index contributed by atoms with van der Waals surface area (Å²) in [5.41, 5.74) is 5.95. The van der Waals surface area contributed by atoms with Crippen LogP contribution in [0.15, 0.2) is 24.3 Å². The summed E-state index contributed by atoms with van der Waals surface area (Å²) < 4.78 is 12.9. The number of benzene rings is 1. The first-order valence-corrected chi connectivity index (χ1v) is 7.32. The topological polar surface area (TPSA) is 101 Å². The summed E-state index contributed by atoms with van der Waals surface area (Å²) in [6, 6.07) is 3.92. The Hall–Kier alpha value is -2.44. The predicted molar refractivity (Wildman–Crippen MR) is 83.7 cm³/mol. The molecule has 0 unspecified atom stereocenters. The monoisotopic (exact) mass is 323 g/mol. The Morgan fingerprint density at radius 1 is 1.13 bits per heavy atom. The number of nitrogens with two attached hydrogens (primary N) is 1. The van der Waals surface area contributed by atoms with E-state index in [0.717, 1.165) is 0 Å². The third-order valence-electron chi connectivity index (χ3n) is 3.32. The van der Waals surface area contributed by atoms with E-state index in [9.17, 15) is 18.8 Å². The average Bonchev–Trinajstić information content (AvgIpc) is 2.44. The van der Waals surface area contributed by atoms with Gasteiger partial charge < -0.3 is 16.4 Å². The van der Waals surface area contributed by atoms with E-state index in [1.54, 1.807) is 13.8 Å². The number of hydrogen-bond acceptors (Lipinski definition) is 3. The number of primary amides is 1. The molecule has 0 saturated carbocycles. The van der Waals surface area contributed by atoms with Gasteiger partial charge in [-0.2, -0.15) is 0 Å². The number of nitrogens with one attached hydrogen (secondary N) is 2. The smallest absolute Gasteiger partial charge is 0.243 e. The SMILES string of the molecule is CC(=O)N[C@@H](Cc1ccc(F)cc1)C(=O)N[C@H](C(N)=O)C(C)C. The minimum absolute atomic E-state index is 0.176. The summed E-state index contributed by atoms with van der Waals surface area (Å²) in [5.74, 6) is -2.10. The van der Waals surface area contributed by atoms with Gasteiger partial charge in [-0.25, -0.2) is 4.39 Å². The van der Waals surface area contributed by atoms with Crippen LogP contribution in [0.1, 0.15) is 26.3 Å². The van der Waals surface area contributed by atoms with Crippen LogP contribution in [0.5, 0.6) is 0 Å². The maximum absolute atomic E-state index is 12.9. The lowest BCUT2D eigenvalue weighted by Crippen LogP contribution is -2.55. The molecule has 0 spiro atoms. The minimum atomic E-state index is -0.876. The largest absolute Gasteiger partial charge is 0.368 e. The molecule has 0 radical (unpaired) electrons. The van der Waals surface area contributed by atoms with Crippen LogP contribution < -0.4 is 16.4 Å². The Morgan fingerprint density at radius 2 is 1.70 bits per heavy atom. The van der Waals surface area contributed by atoms with Gasteiger partial charge in [0.2, 0.25) is 17.7 Å². The molecule has 126 valence electrons. The molecule has 1 aromatic rings. The second-order valence-electron chi connectivity index (χ2n) is 5.72. The zero-order valence-corrected chi connectivity index (χ0v) is 13.4. The highest BCUT2D eigenvalue weighted by molar-refractivity contribution is 5.91. The molecule has 0 aliphatic heterocycles. The fraction of sp³-hybridized carbons (Fsp3) is 0.438. The fourth-order valence-corrected chi connectivity index (χ4v) is 2.13. The fourth-order valence-electron chi connectivity index (χ4n) is 2.13. The normalized spacial score (nSPS) is 13.3. The zero-order chi connectivity index (χ0) is 17.6. The molecule has 0 fully saturated rings. The zero-order valence-electron chi connectivity index (χ0n) is 13.4. The third kappa shape index (κ3) is 6.06. The van der Waals surface area contributed by atoms with Crippen molar-refractivity contribution in [1.29, 1.82) is 0 Å². The summed E-state index contributed by atoms with van der Waals surface area (Å²) in [6.45, 7) is 4.80. The first kappa shape index (κ1) is 18.6. The lowest BCUT2D eigenvalue weighted by atomic mass is 10.0. The van der Waals surface area contributed by atoms with Crippen molar-refractivity contribution >= 4 is 17.7 Å². The van der Waals surface area contributed by atoms with E-state index in [1.807, 2.05) is 0 Å². The molecule has 0 saturated heterocycles. The average molecular weight is 323 g/mol. The van der Waals surface area contributed by atoms with Crippen molar-refractivity contribution in [1.82, 2.24) is 10.6 Å². The highest BCUT2D eigenvalue weighted by Crippen LogP contribution is 2.08. The van der Waals surface area contributed by atoms with Crippen LogP contribution in [0.3, 0.4) is 0 Å². The standard InChI is InChI=1S/C16H22FN3O3/c1-9(2)14(15(18)22)20-16(23)13(19-10(3)21)8-11-4-6-12(17)7-5-11/h4-7,9,13-14H,8H2,1-3H3,(H2,18,22)(H,19,21)(H,20,23)/t13-,14-/m0/s1. The maximum Gasteiger partial charge on any atom is 0.243 e. The number of carbonyl (C=O) groups is 3. The van der Waals surface area contributed by atoms with E-state index in [0.29, 0.717) is 5.56 Å². The molecule has 0 aliphatic carbocycles. The van der Waals surface area contributed by atoms with Gasteiger partial charge in [-0.3, -0.25) is 14.4 Å². The molecular weight excluding hydrogens is 301 g/mol. The Bertz CT molecular complexity index is 572. The van der Waals surface area contributed by atoms with E-state index in [2.05, 4.69) is 10.6 Å².